The van der Waals surface area contributed by atoms with E-state index in [-0.39, 0.29) is 24.8 Å². The van der Waals surface area contributed by atoms with E-state index in [4.69, 9.17) is 36.3 Å². The zero-order valence-electron chi connectivity index (χ0n) is 23.2. The fourth-order valence-corrected chi connectivity index (χ4v) is 5.34. The summed E-state index contributed by atoms with van der Waals surface area (Å²) in [5.41, 5.74) is 6.36. The Kier molecular flexibility index (Phi) is 8.65. The molecule has 1 atom stereocenters. The average molecular weight is 591 g/mol. The van der Waals surface area contributed by atoms with Crippen molar-refractivity contribution in [2.24, 2.45) is 5.73 Å². The van der Waals surface area contributed by atoms with E-state index in [0.717, 1.165) is 16.3 Å². The standard InChI is InChI=1S/C31H31ClN4O6/c1-39-26-11-19(12-27(40-2)29(26)42-17-28(33)37)14-35-18-31(9-10-41-25-8-7-21(32)13-23(25)31)30(38)36-24-16-34-15-20-5-3-4-6-22(20)24/h3-8,11-13,15-16,35H,9-10,14,17-18H2,1-2H3,(H2,33,37)(H,36,38). The molecule has 0 aliphatic carbocycles. The molecule has 0 radical (unpaired) electrons. The number of pyridine rings is 1. The summed E-state index contributed by atoms with van der Waals surface area (Å²) in [6, 6.07) is 16.6. The summed E-state index contributed by atoms with van der Waals surface area (Å²) in [6.45, 7) is 0.673. The van der Waals surface area contributed by atoms with Crippen LogP contribution in [0.3, 0.4) is 0 Å². The number of carbonyl (C=O) groups excluding carboxylic acids is 2. The van der Waals surface area contributed by atoms with Gasteiger partial charge in [-0.05, 0) is 35.9 Å². The molecular formula is C31H31ClN4O6. The maximum Gasteiger partial charge on any atom is 0.255 e. The van der Waals surface area contributed by atoms with E-state index >= 15 is 0 Å². The van der Waals surface area contributed by atoms with Crippen LogP contribution in [0.15, 0.2) is 67.0 Å². The monoisotopic (exact) mass is 590 g/mol. The molecule has 3 aromatic carbocycles. The van der Waals surface area contributed by atoms with Crippen molar-refractivity contribution in [3.63, 3.8) is 0 Å². The van der Waals surface area contributed by atoms with Gasteiger partial charge in [-0.25, -0.2) is 0 Å². The summed E-state index contributed by atoms with van der Waals surface area (Å²) in [7, 11) is 2.99. The number of nitrogens with one attached hydrogen (secondary N) is 2. The van der Waals surface area contributed by atoms with Gasteiger partial charge in [-0.1, -0.05) is 35.9 Å². The highest BCUT2D eigenvalue weighted by Gasteiger charge is 2.44. The highest BCUT2D eigenvalue weighted by Crippen LogP contribution is 2.42. The third-order valence-electron chi connectivity index (χ3n) is 7.23. The van der Waals surface area contributed by atoms with Crippen LogP contribution in [0.5, 0.6) is 23.0 Å². The zero-order valence-corrected chi connectivity index (χ0v) is 24.0. The minimum Gasteiger partial charge on any atom is -0.493 e. The summed E-state index contributed by atoms with van der Waals surface area (Å²) in [6.07, 6.45) is 3.84. The zero-order chi connectivity index (χ0) is 29.7. The number of amides is 2. The number of anilines is 1. The first kappa shape index (κ1) is 29.0. The molecule has 2 heterocycles. The molecule has 1 aliphatic rings. The highest BCUT2D eigenvalue weighted by atomic mass is 35.5. The maximum atomic E-state index is 14.3. The lowest BCUT2D eigenvalue weighted by atomic mass is 9.74. The number of halogens is 1. The Morgan fingerprint density at radius 1 is 1.07 bits per heavy atom. The molecule has 10 nitrogen and oxygen atoms in total. The van der Waals surface area contributed by atoms with Crippen molar-refractivity contribution in [2.45, 2.75) is 18.4 Å². The molecule has 5 rings (SSSR count). The quantitative estimate of drug-likeness (QED) is 0.236. The number of methoxy groups -OCH3 is 2. The topological polar surface area (TPSA) is 134 Å². The summed E-state index contributed by atoms with van der Waals surface area (Å²) in [4.78, 5) is 29.8. The smallest absolute Gasteiger partial charge is 0.255 e. The van der Waals surface area contributed by atoms with Gasteiger partial charge in [0.1, 0.15) is 5.75 Å². The van der Waals surface area contributed by atoms with Crippen molar-refractivity contribution >= 4 is 39.9 Å². The largest absolute Gasteiger partial charge is 0.493 e. The van der Waals surface area contributed by atoms with Crippen LogP contribution in [0, 0.1) is 0 Å². The lowest BCUT2D eigenvalue weighted by Crippen LogP contribution is -2.50. The number of hydrogen-bond acceptors (Lipinski definition) is 8. The van der Waals surface area contributed by atoms with Gasteiger partial charge in [-0.15, -0.1) is 0 Å². The Balaban J connectivity index is 1.45. The van der Waals surface area contributed by atoms with Crippen LogP contribution in [0.25, 0.3) is 10.8 Å². The van der Waals surface area contributed by atoms with Gasteiger partial charge in [0.25, 0.3) is 5.91 Å². The molecule has 0 bridgehead atoms. The van der Waals surface area contributed by atoms with E-state index in [1.165, 1.54) is 14.2 Å². The number of ether oxygens (including phenoxy) is 4. The van der Waals surface area contributed by atoms with E-state index in [0.29, 0.717) is 53.1 Å². The predicted octanol–water partition coefficient (Wildman–Crippen LogP) is 4.22. The van der Waals surface area contributed by atoms with E-state index < -0.39 is 11.3 Å². The van der Waals surface area contributed by atoms with Crippen molar-refractivity contribution in [1.29, 1.82) is 0 Å². The maximum absolute atomic E-state index is 14.3. The van der Waals surface area contributed by atoms with Crippen molar-refractivity contribution in [3.05, 3.63) is 83.1 Å². The predicted molar refractivity (Wildman–Crippen MR) is 160 cm³/mol. The number of nitrogens with two attached hydrogens (primary N) is 1. The van der Waals surface area contributed by atoms with Gasteiger partial charge in [-0.2, -0.15) is 0 Å². The van der Waals surface area contributed by atoms with Crippen LogP contribution in [-0.2, 0) is 21.5 Å². The van der Waals surface area contributed by atoms with Crippen LogP contribution in [0.4, 0.5) is 5.69 Å². The Morgan fingerprint density at radius 2 is 1.83 bits per heavy atom. The number of aromatic nitrogens is 1. The normalized spacial score (nSPS) is 15.8. The molecule has 42 heavy (non-hydrogen) atoms. The molecule has 1 aliphatic heterocycles. The Labute approximate surface area is 248 Å². The van der Waals surface area contributed by atoms with Crippen molar-refractivity contribution in [1.82, 2.24) is 10.3 Å². The minimum atomic E-state index is -1.01. The molecule has 4 N–H and O–H groups in total. The Morgan fingerprint density at radius 3 is 2.57 bits per heavy atom. The first-order valence-corrected chi connectivity index (χ1v) is 13.7. The van der Waals surface area contributed by atoms with Crippen LogP contribution >= 0.6 is 11.6 Å². The first-order valence-electron chi connectivity index (χ1n) is 13.3. The molecule has 0 saturated heterocycles. The molecule has 0 saturated carbocycles. The van der Waals surface area contributed by atoms with Gasteiger partial charge in [0.15, 0.2) is 18.1 Å². The summed E-state index contributed by atoms with van der Waals surface area (Å²) in [5.74, 6) is 0.820. The van der Waals surface area contributed by atoms with Crippen LogP contribution in [-0.4, -0.2) is 50.8 Å². The van der Waals surface area contributed by atoms with Gasteiger partial charge < -0.3 is 35.3 Å². The molecular weight excluding hydrogens is 560 g/mol. The number of fused-ring (bicyclic) bond motifs is 2. The summed E-state index contributed by atoms with van der Waals surface area (Å²) in [5, 5.41) is 8.90. The van der Waals surface area contributed by atoms with Gasteiger partial charge >= 0.3 is 0 Å². The Bertz CT molecular complexity index is 1600. The number of hydrogen-bond donors (Lipinski definition) is 3. The van der Waals surface area contributed by atoms with Crippen molar-refractivity contribution < 1.29 is 28.5 Å². The minimum absolute atomic E-state index is 0.203. The molecule has 1 unspecified atom stereocenters. The third-order valence-corrected chi connectivity index (χ3v) is 7.46. The first-order chi connectivity index (χ1) is 20.3. The SMILES string of the molecule is COc1cc(CNCC2(C(=O)Nc3cncc4ccccc34)CCOc3ccc(Cl)cc32)cc(OC)c1OCC(N)=O. The van der Waals surface area contributed by atoms with E-state index in [9.17, 15) is 9.59 Å². The fraction of sp³-hybridized carbons (Fsp3) is 0.258. The van der Waals surface area contributed by atoms with E-state index in [2.05, 4.69) is 15.6 Å². The van der Waals surface area contributed by atoms with Crippen LogP contribution < -0.4 is 35.3 Å². The van der Waals surface area contributed by atoms with Gasteiger partial charge in [0, 0.05) is 47.1 Å². The van der Waals surface area contributed by atoms with E-state index in [1.807, 2.05) is 24.3 Å². The van der Waals surface area contributed by atoms with E-state index in [1.54, 1.807) is 42.7 Å². The van der Waals surface area contributed by atoms with Crippen LogP contribution in [0.2, 0.25) is 5.02 Å². The third kappa shape index (κ3) is 5.90. The van der Waals surface area contributed by atoms with Gasteiger partial charge in [-0.3, -0.25) is 14.6 Å². The summed E-state index contributed by atoms with van der Waals surface area (Å²) < 4.78 is 22.4. The number of rotatable bonds is 11. The van der Waals surface area contributed by atoms with Crippen molar-refractivity contribution in [2.75, 3.05) is 39.3 Å². The molecule has 1 aromatic heterocycles. The number of carbonyl (C=O) groups is 2. The lowest BCUT2D eigenvalue weighted by Gasteiger charge is -2.38. The second-order valence-corrected chi connectivity index (χ2v) is 10.3. The molecule has 2 amide bonds. The Hall–Kier alpha value is -4.54. The fourth-order valence-electron chi connectivity index (χ4n) is 5.17. The molecule has 218 valence electrons. The number of nitrogens with zero attached hydrogens (tertiary/aromatic N) is 1. The second-order valence-electron chi connectivity index (χ2n) is 9.87. The number of primary amides is 1. The average Bonchev–Trinajstić information content (AvgIpc) is 3.00. The lowest BCUT2D eigenvalue weighted by molar-refractivity contribution is -0.122. The number of benzene rings is 3. The van der Waals surface area contributed by atoms with Gasteiger partial charge in [0.05, 0.1) is 38.1 Å². The molecule has 11 heteroatoms. The second kappa shape index (κ2) is 12.5. The summed E-state index contributed by atoms with van der Waals surface area (Å²) >= 11 is 6.42. The highest BCUT2D eigenvalue weighted by molar-refractivity contribution is 6.30. The molecule has 4 aromatic rings. The van der Waals surface area contributed by atoms with Crippen LogP contribution in [0.1, 0.15) is 17.5 Å². The van der Waals surface area contributed by atoms with Gasteiger partial charge in [0.2, 0.25) is 11.7 Å². The van der Waals surface area contributed by atoms with Crippen molar-refractivity contribution in [3.8, 4) is 23.0 Å². The molecule has 0 spiro atoms. The molecule has 0 fully saturated rings.